The molecule has 0 aliphatic heterocycles. The molecule has 1 aromatic rings. The van der Waals surface area contributed by atoms with Crippen LogP contribution in [0.1, 0.15) is 49.5 Å². The largest absolute Gasteiger partial charge is 0.344 e. The number of carbonyl (C=O) groups is 1. The van der Waals surface area contributed by atoms with E-state index in [9.17, 15) is 9.18 Å². The molecule has 4 heteroatoms. The highest BCUT2D eigenvalue weighted by atomic mass is 79.9. The monoisotopic (exact) mass is 368 g/mol. The van der Waals surface area contributed by atoms with Gasteiger partial charge in [-0.3, -0.25) is 4.79 Å². The lowest BCUT2D eigenvalue weighted by atomic mass is 9.63. The first kappa shape index (κ1) is 16.1. The SMILES string of the molecule is CC(F)OC1[C@H](C)CC2(Cc3ccc(Br)cc3C2=O)C[C@@H]1C. The van der Waals surface area contributed by atoms with Gasteiger partial charge in [0.05, 0.1) is 6.10 Å². The lowest BCUT2D eigenvalue weighted by Crippen LogP contribution is -2.45. The molecular weight excluding hydrogens is 347 g/mol. The fraction of sp³-hybridized carbons (Fsp3) is 0.611. The number of rotatable bonds is 2. The minimum atomic E-state index is -1.25. The molecule has 5 atom stereocenters. The molecule has 3 rings (SSSR count). The lowest BCUT2D eigenvalue weighted by molar-refractivity contribution is -0.137. The fourth-order valence-corrected chi connectivity index (χ4v) is 4.93. The van der Waals surface area contributed by atoms with Crippen LogP contribution in [0.25, 0.3) is 0 Å². The number of ether oxygens (including phenoxy) is 1. The molecule has 2 nitrogen and oxygen atoms in total. The molecular formula is C18H22BrFO2. The average molecular weight is 369 g/mol. The maximum Gasteiger partial charge on any atom is 0.196 e. The normalized spacial score (nSPS) is 35.7. The van der Waals surface area contributed by atoms with Crippen molar-refractivity contribution in [3.8, 4) is 0 Å². The van der Waals surface area contributed by atoms with E-state index in [1.165, 1.54) is 6.92 Å². The number of hydrogen-bond acceptors (Lipinski definition) is 2. The molecule has 0 heterocycles. The minimum absolute atomic E-state index is 0.103. The van der Waals surface area contributed by atoms with Crippen LogP contribution < -0.4 is 0 Å². The fourth-order valence-electron chi connectivity index (χ4n) is 4.57. The van der Waals surface area contributed by atoms with Crippen molar-refractivity contribution >= 4 is 21.7 Å². The van der Waals surface area contributed by atoms with Gasteiger partial charge in [0.2, 0.25) is 0 Å². The standard InChI is InChI=1S/C18H22BrFO2/c1-10-7-18(8-11(2)16(10)22-12(3)20)9-13-4-5-14(19)6-15(13)17(18)21/h4-6,10-12,16H,7-9H2,1-3H3/t10-,11+,12?,16?,18?. The second-order valence-corrected chi connectivity index (χ2v) is 8.01. The van der Waals surface area contributed by atoms with E-state index < -0.39 is 6.36 Å². The van der Waals surface area contributed by atoms with Crippen LogP contribution in [0.2, 0.25) is 0 Å². The Labute approximate surface area is 139 Å². The molecule has 2 aliphatic rings. The van der Waals surface area contributed by atoms with E-state index in [0.717, 1.165) is 34.9 Å². The highest BCUT2D eigenvalue weighted by molar-refractivity contribution is 9.10. The van der Waals surface area contributed by atoms with Gasteiger partial charge in [0.25, 0.3) is 0 Å². The second kappa shape index (κ2) is 5.72. The van der Waals surface area contributed by atoms with Crippen LogP contribution in [-0.2, 0) is 11.2 Å². The van der Waals surface area contributed by atoms with E-state index in [0.29, 0.717) is 0 Å². The number of benzene rings is 1. The Kier molecular flexibility index (Phi) is 4.19. The van der Waals surface area contributed by atoms with Gasteiger partial charge in [-0.15, -0.1) is 0 Å². The zero-order valence-electron chi connectivity index (χ0n) is 13.2. The van der Waals surface area contributed by atoms with Gasteiger partial charge in [-0.05, 0) is 55.7 Å². The Morgan fingerprint density at radius 2 is 1.95 bits per heavy atom. The molecule has 2 aliphatic carbocycles. The van der Waals surface area contributed by atoms with Crippen LogP contribution in [0.15, 0.2) is 22.7 Å². The summed E-state index contributed by atoms with van der Waals surface area (Å²) in [6, 6.07) is 5.99. The second-order valence-electron chi connectivity index (χ2n) is 7.09. The summed E-state index contributed by atoms with van der Waals surface area (Å²) in [6.45, 7) is 5.59. The van der Waals surface area contributed by atoms with Crippen molar-refractivity contribution in [1.29, 1.82) is 0 Å². The lowest BCUT2D eigenvalue weighted by Gasteiger charge is -2.44. The van der Waals surface area contributed by atoms with Crippen molar-refractivity contribution in [3.05, 3.63) is 33.8 Å². The maximum atomic E-state index is 13.2. The topological polar surface area (TPSA) is 26.3 Å². The highest BCUT2D eigenvalue weighted by Gasteiger charge is 2.52. The number of Topliss-reactive ketones (excluding diaryl/α,β-unsaturated/α-hetero) is 1. The number of hydrogen-bond donors (Lipinski definition) is 0. The predicted octanol–water partition coefficient (Wildman–Crippen LogP) is 4.94. The molecule has 0 radical (unpaired) electrons. The Balaban J connectivity index is 1.87. The predicted molar refractivity (Wildman–Crippen MR) is 87.6 cm³/mol. The number of halogens is 2. The number of alkyl halides is 1. The van der Waals surface area contributed by atoms with E-state index in [-0.39, 0.29) is 29.1 Å². The maximum absolute atomic E-state index is 13.2. The first-order chi connectivity index (χ1) is 10.3. The van der Waals surface area contributed by atoms with E-state index in [2.05, 4.69) is 29.8 Å². The van der Waals surface area contributed by atoms with Gasteiger partial charge in [0.15, 0.2) is 12.1 Å². The molecule has 0 amide bonds. The van der Waals surface area contributed by atoms with Crippen molar-refractivity contribution in [2.24, 2.45) is 17.3 Å². The zero-order valence-corrected chi connectivity index (χ0v) is 14.8. The van der Waals surface area contributed by atoms with Gasteiger partial charge in [-0.2, -0.15) is 0 Å². The molecule has 3 unspecified atom stereocenters. The first-order valence-electron chi connectivity index (χ1n) is 7.95. The molecule has 120 valence electrons. The minimum Gasteiger partial charge on any atom is -0.344 e. The summed E-state index contributed by atoms with van der Waals surface area (Å²) < 4.78 is 19.7. The van der Waals surface area contributed by atoms with Crippen LogP contribution in [0, 0.1) is 17.3 Å². The molecule has 1 fully saturated rings. The van der Waals surface area contributed by atoms with Gasteiger partial charge in [0.1, 0.15) is 0 Å². The summed E-state index contributed by atoms with van der Waals surface area (Å²) in [5.41, 5.74) is 1.68. The van der Waals surface area contributed by atoms with Gasteiger partial charge in [0, 0.05) is 15.5 Å². The van der Waals surface area contributed by atoms with Gasteiger partial charge in [-0.25, -0.2) is 4.39 Å². The van der Waals surface area contributed by atoms with Gasteiger partial charge in [-0.1, -0.05) is 35.8 Å². The Morgan fingerprint density at radius 3 is 2.55 bits per heavy atom. The van der Waals surface area contributed by atoms with Crippen LogP contribution in [0.3, 0.4) is 0 Å². The molecule has 1 spiro atoms. The van der Waals surface area contributed by atoms with Crippen molar-refractivity contribution in [2.75, 3.05) is 0 Å². The highest BCUT2D eigenvalue weighted by Crippen LogP contribution is 2.51. The van der Waals surface area contributed by atoms with Gasteiger partial charge < -0.3 is 4.74 Å². The van der Waals surface area contributed by atoms with E-state index in [4.69, 9.17) is 4.74 Å². The van der Waals surface area contributed by atoms with E-state index in [1.54, 1.807) is 0 Å². The van der Waals surface area contributed by atoms with Crippen molar-refractivity contribution < 1.29 is 13.9 Å². The third kappa shape index (κ3) is 2.65. The van der Waals surface area contributed by atoms with Crippen molar-refractivity contribution in [2.45, 2.75) is 52.5 Å². The molecule has 1 aromatic carbocycles. The Morgan fingerprint density at radius 1 is 1.32 bits per heavy atom. The van der Waals surface area contributed by atoms with E-state index in [1.807, 2.05) is 18.2 Å². The zero-order chi connectivity index (χ0) is 16.1. The first-order valence-corrected chi connectivity index (χ1v) is 8.74. The molecule has 0 saturated heterocycles. The molecule has 0 bridgehead atoms. The van der Waals surface area contributed by atoms with Crippen LogP contribution >= 0.6 is 15.9 Å². The molecule has 22 heavy (non-hydrogen) atoms. The van der Waals surface area contributed by atoms with Crippen molar-refractivity contribution in [1.82, 2.24) is 0 Å². The quantitative estimate of drug-likeness (QED) is 0.738. The van der Waals surface area contributed by atoms with Crippen LogP contribution in [0.4, 0.5) is 4.39 Å². The summed E-state index contributed by atoms with van der Waals surface area (Å²) in [6.07, 6.45) is 1.01. The summed E-state index contributed by atoms with van der Waals surface area (Å²) in [5, 5.41) is 0. The van der Waals surface area contributed by atoms with E-state index >= 15 is 0 Å². The molecule has 1 saturated carbocycles. The Hall–Kier alpha value is -0.740. The van der Waals surface area contributed by atoms with Crippen LogP contribution in [0.5, 0.6) is 0 Å². The molecule has 0 N–H and O–H groups in total. The van der Waals surface area contributed by atoms with Crippen LogP contribution in [-0.4, -0.2) is 18.2 Å². The molecule has 0 aromatic heterocycles. The summed E-state index contributed by atoms with van der Waals surface area (Å²) in [5.74, 6) is 0.626. The number of fused-ring (bicyclic) bond motifs is 1. The summed E-state index contributed by atoms with van der Waals surface area (Å²) in [4.78, 5) is 13.0. The van der Waals surface area contributed by atoms with Gasteiger partial charge >= 0.3 is 0 Å². The van der Waals surface area contributed by atoms with Crippen molar-refractivity contribution in [3.63, 3.8) is 0 Å². The smallest absolute Gasteiger partial charge is 0.196 e. The third-order valence-corrected chi connectivity index (χ3v) is 5.71. The number of ketones is 1. The summed E-state index contributed by atoms with van der Waals surface area (Å²) in [7, 11) is 0. The summed E-state index contributed by atoms with van der Waals surface area (Å²) >= 11 is 3.45. The Bertz CT molecular complexity index is 587. The third-order valence-electron chi connectivity index (χ3n) is 5.22. The average Bonchev–Trinajstić information content (AvgIpc) is 2.67. The number of carbonyl (C=O) groups excluding carboxylic acids is 1.